The fraction of sp³-hybridized carbons (Fsp3) is 0.517. The van der Waals surface area contributed by atoms with Crippen molar-refractivity contribution in [3.8, 4) is 0 Å². The van der Waals surface area contributed by atoms with Crippen molar-refractivity contribution in [3.63, 3.8) is 0 Å². The van der Waals surface area contributed by atoms with Crippen molar-refractivity contribution in [2.75, 3.05) is 6.54 Å². The predicted octanol–water partition coefficient (Wildman–Crippen LogP) is 6.28. The zero-order valence-electron chi connectivity index (χ0n) is 21.4. The van der Waals surface area contributed by atoms with E-state index in [1.165, 1.54) is 24.0 Å². The molecule has 4 heteroatoms. The number of nitrogens with zero attached hydrogens (tertiary/aromatic N) is 1. The van der Waals surface area contributed by atoms with E-state index < -0.39 is 0 Å². The van der Waals surface area contributed by atoms with Gasteiger partial charge in [-0.1, -0.05) is 54.8 Å². The van der Waals surface area contributed by atoms with Crippen LogP contribution in [0.25, 0.3) is 0 Å². The molecule has 2 aliphatic carbocycles. The summed E-state index contributed by atoms with van der Waals surface area (Å²) in [5.74, 6) is 0.698. The average Bonchev–Trinajstić information content (AvgIpc) is 3.28. The Morgan fingerprint density at radius 3 is 2.30 bits per heavy atom. The molecular formula is C29H41N3O. The molecule has 0 spiro atoms. The van der Waals surface area contributed by atoms with E-state index in [2.05, 4.69) is 60.3 Å². The van der Waals surface area contributed by atoms with Gasteiger partial charge in [0.15, 0.2) is 0 Å². The van der Waals surface area contributed by atoms with Gasteiger partial charge in [-0.2, -0.15) is 0 Å². The third-order valence-corrected chi connectivity index (χ3v) is 7.10. The third kappa shape index (κ3) is 5.85. The lowest BCUT2D eigenvalue weighted by Gasteiger charge is -2.31. The molecule has 4 nitrogen and oxygen atoms in total. The number of hydrogen-bond donors (Lipinski definition) is 2. The molecule has 0 radical (unpaired) electrons. The van der Waals surface area contributed by atoms with E-state index in [1.54, 1.807) is 6.21 Å². The molecule has 2 aliphatic rings. The van der Waals surface area contributed by atoms with Crippen molar-refractivity contribution >= 4 is 12.1 Å². The van der Waals surface area contributed by atoms with Crippen LogP contribution in [0, 0.1) is 6.92 Å². The maximum absolute atomic E-state index is 13.7. The zero-order chi connectivity index (χ0) is 24.2. The van der Waals surface area contributed by atoms with Crippen LogP contribution in [0.15, 0.2) is 64.0 Å². The number of carbonyl (C=O) groups is 1. The molecular weight excluding hydrogens is 406 g/mol. The summed E-state index contributed by atoms with van der Waals surface area (Å²) < 4.78 is 0. The number of aryl methyl sites for hydroxylation is 1. The first-order valence-corrected chi connectivity index (χ1v) is 12.3. The van der Waals surface area contributed by atoms with E-state index in [9.17, 15) is 4.79 Å². The first-order chi connectivity index (χ1) is 15.6. The minimum Gasteiger partial charge on any atom is -0.364 e. The van der Waals surface area contributed by atoms with Gasteiger partial charge in [-0.05, 0) is 78.4 Å². The van der Waals surface area contributed by atoms with Crippen LogP contribution in [0.5, 0.6) is 0 Å². The summed E-state index contributed by atoms with van der Waals surface area (Å²) in [4.78, 5) is 18.3. The Bertz CT molecular complexity index is 997. The highest BCUT2D eigenvalue weighted by molar-refractivity contribution is 6.00. The molecule has 0 aromatic heterocycles. The zero-order valence-corrected chi connectivity index (χ0v) is 21.4. The number of aliphatic imine (C=N–C) groups is 1. The molecule has 2 N–H and O–H groups in total. The molecule has 1 aromatic rings. The first kappa shape index (κ1) is 25.0. The predicted molar refractivity (Wildman–Crippen MR) is 139 cm³/mol. The fourth-order valence-corrected chi connectivity index (χ4v) is 4.94. The Morgan fingerprint density at radius 2 is 1.79 bits per heavy atom. The smallest absolute Gasteiger partial charge is 0.252 e. The van der Waals surface area contributed by atoms with Crippen LogP contribution in [0.1, 0.15) is 84.3 Å². The molecule has 1 aromatic carbocycles. The highest BCUT2D eigenvalue weighted by Crippen LogP contribution is 2.41. The van der Waals surface area contributed by atoms with Crippen molar-refractivity contribution in [1.29, 1.82) is 0 Å². The summed E-state index contributed by atoms with van der Waals surface area (Å²) in [5.41, 5.74) is 5.96. The third-order valence-electron chi connectivity index (χ3n) is 7.10. The number of benzene rings is 1. The molecule has 0 atom stereocenters. The van der Waals surface area contributed by atoms with Gasteiger partial charge in [0.1, 0.15) is 5.82 Å². The summed E-state index contributed by atoms with van der Waals surface area (Å²) in [7, 11) is 0. The minimum absolute atomic E-state index is 0.00563. The van der Waals surface area contributed by atoms with Gasteiger partial charge in [0, 0.05) is 34.9 Å². The van der Waals surface area contributed by atoms with Crippen LogP contribution < -0.4 is 10.6 Å². The molecule has 0 heterocycles. The van der Waals surface area contributed by atoms with Crippen LogP contribution in [-0.2, 0) is 10.2 Å². The van der Waals surface area contributed by atoms with Crippen LogP contribution in [0.3, 0.4) is 0 Å². The molecule has 2 fully saturated rings. The van der Waals surface area contributed by atoms with Gasteiger partial charge in [-0.25, -0.2) is 4.99 Å². The summed E-state index contributed by atoms with van der Waals surface area (Å²) in [5, 5.41) is 6.91. The molecule has 0 aliphatic heterocycles. The monoisotopic (exact) mass is 447 g/mol. The van der Waals surface area contributed by atoms with E-state index in [4.69, 9.17) is 0 Å². The number of carbonyl (C=O) groups excluding carboxylic acids is 1. The second kappa shape index (κ2) is 10.1. The SMILES string of the molecule is C=C(C)/C(C(C(=O)NCC1(c2cccc(C)c2)CCCC1)=C(C)C)=C(\N=CC)NC1(C)CC1. The van der Waals surface area contributed by atoms with Gasteiger partial charge in [-0.15, -0.1) is 0 Å². The number of nitrogens with one attached hydrogen (secondary N) is 2. The number of hydrogen-bond acceptors (Lipinski definition) is 3. The second-order valence-electron chi connectivity index (χ2n) is 10.5. The lowest BCUT2D eigenvalue weighted by atomic mass is 9.78. The van der Waals surface area contributed by atoms with Gasteiger partial charge in [0.05, 0.1) is 0 Å². The van der Waals surface area contributed by atoms with E-state index >= 15 is 0 Å². The van der Waals surface area contributed by atoms with E-state index in [0.717, 1.165) is 48.2 Å². The van der Waals surface area contributed by atoms with Crippen molar-refractivity contribution in [2.45, 2.75) is 91.0 Å². The average molecular weight is 448 g/mol. The molecule has 33 heavy (non-hydrogen) atoms. The molecule has 1 amide bonds. The largest absolute Gasteiger partial charge is 0.364 e. The van der Waals surface area contributed by atoms with Crippen molar-refractivity contribution in [3.05, 3.63) is 70.1 Å². The van der Waals surface area contributed by atoms with Gasteiger partial charge in [-0.3, -0.25) is 4.79 Å². The summed E-state index contributed by atoms with van der Waals surface area (Å²) in [6.45, 7) is 17.1. The number of allylic oxidation sites excluding steroid dienone is 2. The highest BCUT2D eigenvalue weighted by Gasteiger charge is 2.39. The van der Waals surface area contributed by atoms with E-state index in [0.29, 0.717) is 12.1 Å². The van der Waals surface area contributed by atoms with Crippen molar-refractivity contribution in [2.24, 2.45) is 4.99 Å². The van der Waals surface area contributed by atoms with Crippen LogP contribution in [0.4, 0.5) is 0 Å². The minimum atomic E-state index is -0.0431. The molecule has 0 saturated heterocycles. The lowest BCUT2D eigenvalue weighted by molar-refractivity contribution is -0.117. The van der Waals surface area contributed by atoms with Gasteiger partial charge in [0.25, 0.3) is 5.91 Å². The molecule has 2 saturated carbocycles. The normalized spacial score (nSPS) is 19.1. The number of rotatable bonds is 9. The summed E-state index contributed by atoms with van der Waals surface area (Å²) in [6, 6.07) is 8.78. The Balaban J connectivity index is 1.92. The maximum atomic E-state index is 13.7. The Morgan fingerprint density at radius 1 is 1.12 bits per heavy atom. The topological polar surface area (TPSA) is 53.5 Å². The van der Waals surface area contributed by atoms with Crippen LogP contribution >= 0.6 is 0 Å². The van der Waals surface area contributed by atoms with Crippen LogP contribution in [0.2, 0.25) is 0 Å². The first-order valence-electron chi connectivity index (χ1n) is 12.3. The molecule has 178 valence electrons. The quantitative estimate of drug-likeness (QED) is 0.266. The molecule has 0 bridgehead atoms. The van der Waals surface area contributed by atoms with Gasteiger partial charge < -0.3 is 10.6 Å². The van der Waals surface area contributed by atoms with Crippen molar-refractivity contribution < 1.29 is 4.79 Å². The summed E-state index contributed by atoms with van der Waals surface area (Å²) >= 11 is 0. The number of amides is 1. The second-order valence-corrected chi connectivity index (χ2v) is 10.5. The van der Waals surface area contributed by atoms with E-state index in [-0.39, 0.29) is 16.9 Å². The Kier molecular flexibility index (Phi) is 7.66. The van der Waals surface area contributed by atoms with E-state index in [1.807, 2.05) is 27.7 Å². The standard InChI is InChI=1S/C29H41N3O/c1-8-30-26(32-28(7)16-17-28)24(20(2)3)25(21(4)5)27(33)31-19-29(14-9-10-15-29)23-13-11-12-22(6)18-23/h8,11-13,18,32H,2,9-10,14-17,19H2,1,3-7H3,(H,31,33)/b26-24-,30-8?. The Labute approximate surface area is 200 Å². The molecule has 0 unspecified atom stereocenters. The van der Waals surface area contributed by atoms with Gasteiger partial charge >= 0.3 is 0 Å². The summed E-state index contributed by atoms with van der Waals surface area (Å²) in [6.07, 6.45) is 8.61. The fourth-order valence-electron chi connectivity index (χ4n) is 4.94. The highest BCUT2D eigenvalue weighted by atomic mass is 16.1. The maximum Gasteiger partial charge on any atom is 0.252 e. The Hall–Kier alpha value is -2.62. The van der Waals surface area contributed by atoms with Crippen LogP contribution in [-0.4, -0.2) is 24.2 Å². The van der Waals surface area contributed by atoms with Crippen molar-refractivity contribution in [1.82, 2.24) is 10.6 Å². The lowest BCUT2D eigenvalue weighted by Crippen LogP contribution is -2.40. The van der Waals surface area contributed by atoms with Gasteiger partial charge in [0.2, 0.25) is 0 Å². The molecule has 3 rings (SSSR count).